The SMILES string of the molecule is CCCC(CCCCCCCCC(C)C)C(=O)O. The van der Waals surface area contributed by atoms with Gasteiger partial charge in [-0.1, -0.05) is 72.1 Å². The van der Waals surface area contributed by atoms with Gasteiger partial charge in [-0.15, -0.1) is 0 Å². The van der Waals surface area contributed by atoms with Crippen LogP contribution in [-0.2, 0) is 4.79 Å². The van der Waals surface area contributed by atoms with Gasteiger partial charge in [0.25, 0.3) is 0 Å². The van der Waals surface area contributed by atoms with Crippen LogP contribution in [0.25, 0.3) is 0 Å². The van der Waals surface area contributed by atoms with Gasteiger partial charge >= 0.3 is 5.97 Å². The molecule has 0 radical (unpaired) electrons. The summed E-state index contributed by atoms with van der Waals surface area (Å²) in [6.07, 6.45) is 11.6. The molecule has 2 heteroatoms. The molecule has 0 aliphatic rings. The Kier molecular flexibility index (Phi) is 11.2. The standard InChI is InChI=1S/C16H32O2/c1-4-11-15(16(17)18)13-10-8-6-5-7-9-12-14(2)3/h14-15H,4-13H2,1-3H3,(H,17,18). The average Bonchev–Trinajstić information content (AvgIpc) is 2.30. The summed E-state index contributed by atoms with van der Waals surface area (Å²) < 4.78 is 0. The number of rotatable bonds is 12. The highest BCUT2D eigenvalue weighted by atomic mass is 16.4. The van der Waals surface area contributed by atoms with Crippen LogP contribution in [0.15, 0.2) is 0 Å². The largest absolute Gasteiger partial charge is 0.481 e. The Morgan fingerprint density at radius 1 is 0.889 bits per heavy atom. The van der Waals surface area contributed by atoms with Gasteiger partial charge in [0.1, 0.15) is 0 Å². The number of hydrogen-bond acceptors (Lipinski definition) is 1. The molecule has 0 amide bonds. The zero-order valence-electron chi connectivity index (χ0n) is 12.6. The second kappa shape index (κ2) is 11.6. The number of carboxylic acids is 1. The molecule has 1 atom stereocenters. The summed E-state index contributed by atoms with van der Waals surface area (Å²) in [5.74, 6) is 0.125. The van der Waals surface area contributed by atoms with E-state index in [1.54, 1.807) is 0 Å². The summed E-state index contributed by atoms with van der Waals surface area (Å²) in [7, 11) is 0. The molecule has 0 aliphatic heterocycles. The summed E-state index contributed by atoms with van der Waals surface area (Å²) in [5.41, 5.74) is 0. The molecule has 1 N–H and O–H groups in total. The molecular formula is C16H32O2. The van der Waals surface area contributed by atoms with Crippen LogP contribution in [0.3, 0.4) is 0 Å². The van der Waals surface area contributed by atoms with Crippen molar-refractivity contribution in [3.05, 3.63) is 0 Å². The monoisotopic (exact) mass is 256 g/mol. The fourth-order valence-corrected chi connectivity index (χ4v) is 2.39. The van der Waals surface area contributed by atoms with Crippen molar-refractivity contribution in [3.8, 4) is 0 Å². The molecule has 2 nitrogen and oxygen atoms in total. The van der Waals surface area contributed by atoms with Crippen LogP contribution in [-0.4, -0.2) is 11.1 Å². The number of unbranched alkanes of at least 4 members (excludes halogenated alkanes) is 5. The van der Waals surface area contributed by atoms with E-state index >= 15 is 0 Å². The molecule has 0 fully saturated rings. The maximum Gasteiger partial charge on any atom is 0.306 e. The third kappa shape index (κ3) is 10.6. The highest BCUT2D eigenvalue weighted by Crippen LogP contribution is 2.17. The van der Waals surface area contributed by atoms with E-state index in [4.69, 9.17) is 5.11 Å². The van der Waals surface area contributed by atoms with Crippen LogP contribution in [0.4, 0.5) is 0 Å². The Hall–Kier alpha value is -0.530. The van der Waals surface area contributed by atoms with Gasteiger partial charge in [-0.3, -0.25) is 4.79 Å². The van der Waals surface area contributed by atoms with Gasteiger partial charge in [0.15, 0.2) is 0 Å². The molecular weight excluding hydrogens is 224 g/mol. The van der Waals surface area contributed by atoms with E-state index in [1.807, 2.05) is 0 Å². The molecule has 0 aromatic rings. The van der Waals surface area contributed by atoms with Crippen molar-refractivity contribution in [2.45, 2.75) is 85.0 Å². The first-order chi connectivity index (χ1) is 8.57. The van der Waals surface area contributed by atoms with Gasteiger partial charge in [-0.2, -0.15) is 0 Å². The Morgan fingerprint density at radius 3 is 1.83 bits per heavy atom. The van der Waals surface area contributed by atoms with E-state index in [9.17, 15) is 4.79 Å². The first-order valence-electron chi connectivity index (χ1n) is 7.80. The average molecular weight is 256 g/mol. The lowest BCUT2D eigenvalue weighted by Crippen LogP contribution is -2.13. The predicted molar refractivity (Wildman–Crippen MR) is 77.8 cm³/mol. The predicted octanol–water partition coefficient (Wildman–Crippen LogP) is 5.26. The highest BCUT2D eigenvalue weighted by molar-refractivity contribution is 5.69. The normalized spacial score (nSPS) is 12.9. The van der Waals surface area contributed by atoms with E-state index in [1.165, 1.54) is 38.5 Å². The van der Waals surface area contributed by atoms with Gasteiger partial charge < -0.3 is 5.11 Å². The molecule has 0 spiro atoms. The van der Waals surface area contributed by atoms with E-state index in [0.29, 0.717) is 0 Å². The number of hydrogen-bond donors (Lipinski definition) is 1. The van der Waals surface area contributed by atoms with Crippen molar-refractivity contribution < 1.29 is 9.90 Å². The molecule has 0 heterocycles. The van der Waals surface area contributed by atoms with Gasteiger partial charge in [-0.05, 0) is 18.8 Å². The summed E-state index contributed by atoms with van der Waals surface area (Å²) in [6, 6.07) is 0. The van der Waals surface area contributed by atoms with Crippen molar-refractivity contribution in [2.24, 2.45) is 11.8 Å². The van der Waals surface area contributed by atoms with Crippen molar-refractivity contribution in [1.29, 1.82) is 0 Å². The zero-order valence-corrected chi connectivity index (χ0v) is 12.6. The molecule has 0 aliphatic carbocycles. The van der Waals surface area contributed by atoms with Gasteiger partial charge in [0, 0.05) is 0 Å². The number of carboxylic acid groups (broad SMARTS) is 1. The minimum absolute atomic E-state index is 0.101. The third-order valence-electron chi connectivity index (χ3n) is 3.57. The Bertz CT molecular complexity index is 199. The van der Waals surface area contributed by atoms with Crippen LogP contribution < -0.4 is 0 Å². The van der Waals surface area contributed by atoms with Crippen LogP contribution >= 0.6 is 0 Å². The molecule has 0 aromatic carbocycles. The molecule has 0 rings (SSSR count). The number of aliphatic carboxylic acids is 1. The highest BCUT2D eigenvalue weighted by Gasteiger charge is 2.15. The topological polar surface area (TPSA) is 37.3 Å². The van der Waals surface area contributed by atoms with Crippen molar-refractivity contribution >= 4 is 5.97 Å². The lowest BCUT2D eigenvalue weighted by molar-refractivity contribution is -0.142. The lowest BCUT2D eigenvalue weighted by atomic mass is 9.96. The molecule has 1 unspecified atom stereocenters. The number of carbonyl (C=O) groups is 1. The Balaban J connectivity index is 3.35. The summed E-state index contributed by atoms with van der Waals surface area (Å²) in [5, 5.41) is 9.03. The van der Waals surface area contributed by atoms with Crippen molar-refractivity contribution in [1.82, 2.24) is 0 Å². The van der Waals surface area contributed by atoms with Crippen LogP contribution in [0, 0.1) is 11.8 Å². The Labute approximate surface area is 113 Å². The summed E-state index contributed by atoms with van der Waals surface area (Å²) >= 11 is 0. The van der Waals surface area contributed by atoms with E-state index < -0.39 is 5.97 Å². The van der Waals surface area contributed by atoms with Gasteiger partial charge in [0.05, 0.1) is 5.92 Å². The maximum absolute atomic E-state index is 11.0. The first-order valence-corrected chi connectivity index (χ1v) is 7.80. The van der Waals surface area contributed by atoms with E-state index in [2.05, 4.69) is 20.8 Å². The molecule has 108 valence electrons. The van der Waals surface area contributed by atoms with Gasteiger partial charge in [-0.25, -0.2) is 0 Å². The van der Waals surface area contributed by atoms with Crippen LogP contribution in [0.2, 0.25) is 0 Å². The molecule has 0 bridgehead atoms. The fraction of sp³-hybridized carbons (Fsp3) is 0.938. The molecule has 0 saturated heterocycles. The minimum atomic E-state index is -0.603. The molecule has 18 heavy (non-hydrogen) atoms. The lowest BCUT2D eigenvalue weighted by Gasteiger charge is -2.10. The van der Waals surface area contributed by atoms with E-state index in [-0.39, 0.29) is 5.92 Å². The second-order valence-electron chi connectivity index (χ2n) is 5.92. The molecule has 0 saturated carbocycles. The van der Waals surface area contributed by atoms with Crippen molar-refractivity contribution in [3.63, 3.8) is 0 Å². The first kappa shape index (κ1) is 17.5. The van der Waals surface area contributed by atoms with E-state index in [0.717, 1.165) is 31.6 Å². The van der Waals surface area contributed by atoms with Crippen LogP contribution in [0.1, 0.15) is 85.0 Å². The maximum atomic E-state index is 11.0. The summed E-state index contributed by atoms with van der Waals surface area (Å²) in [4.78, 5) is 11.0. The smallest absolute Gasteiger partial charge is 0.306 e. The quantitative estimate of drug-likeness (QED) is 0.483. The van der Waals surface area contributed by atoms with Crippen molar-refractivity contribution in [2.75, 3.05) is 0 Å². The fourth-order valence-electron chi connectivity index (χ4n) is 2.39. The molecule has 0 aromatic heterocycles. The zero-order chi connectivity index (χ0) is 13.8. The second-order valence-corrected chi connectivity index (χ2v) is 5.92. The minimum Gasteiger partial charge on any atom is -0.481 e. The van der Waals surface area contributed by atoms with Gasteiger partial charge in [0.2, 0.25) is 0 Å². The summed E-state index contributed by atoms with van der Waals surface area (Å²) in [6.45, 7) is 6.62. The van der Waals surface area contributed by atoms with Crippen LogP contribution in [0.5, 0.6) is 0 Å². The third-order valence-corrected chi connectivity index (χ3v) is 3.57. The Morgan fingerprint density at radius 2 is 1.39 bits per heavy atom.